The van der Waals surface area contributed by atoms with Gasteiger partial charge in [-0.2, -0.15) is 0 Å². The number of carbonyl (C=O) groups excluding carboxylic acids is 1. The second kappa shape index (κ2) is 7.50. The third-order valence-electron chi connectivity index (χ3n) is 2.76. The quantitative estimate of drug-likeness (QED) is 0.817. The first-order valence-electron chi connectivity index (χ1n) is 6.29. The molecular formula is C14H21BrN2O2. The molecule has 4 nitrogen and oxygen atoms in total. The zero-order valence-corrected chi connectivity index (χ0v) is 13.2. The van der Waals surface area contributed by atoms with E-state index in [1.807, 2.05) is 25.1 Å². The standard InChI is InChI=1S/C14H21BrN2O2/c1-10(16)12-7-6-11(15)9-13(12)19-8-4-5-14(18)17(2)3/h6-7,9-10H,4-5,8,16H2,1-3H3/t10-/m1/s1. The number of ether oxygens (including phenoxy) is 1. The van der Waals surface area contributed by atoms with Crippen molar-refractivity contribution in [2.24, 2.45) is 5.73 Å². The van der Waals surface area contributed by atoms with Crippen LogP contribution in [0.5, 0.6) is 5.75 Å². The van der Waals surface area contributed by atoms with Crippen molar-refractivity contribution in [1.82, 2.24) is 4.90 Å². The maximum Gasteiger partial charge on any atom is 0.222 e. The van der Waals surface area contributed by atoms with E-state index in [0.717, 1.165) is 15.8 Å². The highest BCUT2D eigenvalue weighted by molar-refractivity contribution is 9.10. The van der Waals surface area contributed by atoms with Crippen molar-refractivity contribution in [2.75, 3.05) is 20.7 Å². The number of rotatable bonds is 6. The first-order valence-corrected chi connectivity index (χ1v) is 7.09. The molecule has 1 rings (SSSR count). The highest BCUT2D eigenvalue weighted by Gasteiger charge is 2.09. The van der Waals surface area contributed by atoms with Crippen LogP contribution in [0.15, 0.2) is 22.7 Å². The summed E-state index contributed by atoms with van der Waals surface area (Å²) in [5.41, 5.74) is 6.87. The van der Waals surface area contributed by atoms with Crippen LogP contribution < -0.4 is 10.5 Å². The number of carbonyl (C=O) groups is 1. The molecule has 0 aliphatic carbocycles. The van der Waals surface area contributed by atoms with Crippen molar-refractivity contribution in [2.45, 2.75) is 25.8 Å². The lowest BCUT2D eigenvalue weighted by Crippen LogP contribution is -2.21. The van der Waals surface area contributed by atoms with Gasteiger partial charge in [0.2, 0.25) is 5.91 Å². The molecule has 0 aliphatic rings. The highest BCUT2D eigenvalue weighted by Crippen LogP contribution is 2.27. The van der Waals surface area contributed by atoms with E-state index < -0.39 is 0 Å². The topological polar surface area (TPSA) is 55.6 Å². The van der Waals surface area contributed by atoms with Crippen LogP contribution in [0, 0.1) is 0 Å². The Morgan fingerprint density at radius 1 is 1.47 bits per heavy atom. The van der Waals surface area contributed by atoms with Crippen molar-refractivity contribution in [3.63, 3.8) is 0 Å². The molecule has 1 aromatic rings. The van der Waals surface area contributed by atoms with Crippen LogP contribution in [0.4, 0.5) is 0 Å². The summed E-state index contributed by atoms with van der Waals surface area (Å²) >= 11 is 3.42. The molecule has 0 saturated heterocycles. The molecule has 0 unspecified atom stereocenters. The number of nitrogens with two attached hydrogens (primary N) is 1. The number of hydrogen-bond acceptors (Lipinski definition) is 3. The van der Waals surface area contributed by atoms with Gasteiger partial charge in [-0.1, -0.05) is 22.0 Å². The molecular weight excluding hydrogens is 308 g/mol. The number of amides is 1. The predicted octanol–water partition coefficient (Wildman–Crippen LogP) is 2.72. The summed E-state index contributed by atoms with van der Waals surface area (Å²) in [5, 5.41) is 0. The second-order valence-electron chi connectivity index (χ2n) is 4.71. The predicted molar refractivity (Wildman–Crippen MR) is 80.2 cm³/mol. The minimum absolute atomic E-state index is 0.0773. The summed E-state index contributed by atoms with van der Waals surface area (Å²) in [6, 6.07) is 5.73. The first-order chi connectivity index (χ1) is 8.91. The zero-order chi connectivity index (χ0) is 14.4. The van der Waals surface area contributed by atoms with E-state index in [4.69, 9.17) is 10.5 Å². The van der Waals surface area contributed by atoms with Crippen molar-refractivity contribution in [3.8, 4) is 5.75 Å². The third kappa shape index (κ3) is 5.20. The summed E-state index contributed by atoms with van der Waals surface area (Å²) in [7, 11) is 3.51. The van der Waals surface area contributed by atoms with Gasteiger partial charge < -0.3 is 15.4 Å². The van der Waals surface area contributed by atoms with Gasteiger partial charge in [-0.25, -0.2) is 0 Å². The molecule has 0 saturated carbocycles. The van der Waals surface area contributed by atoms with Gasteiger partial charge >= 0.3 is 0 Å². The lowest BCUT2D eigenvalue weighted by Gasteiger charge is -2.15. The molecule has 0 spiro atoms. The molecule has 106 valence electrons. The van der Waals surface area contributed by atoms with E-state index in [1.54, 1.807) is 19.0 Å². The molecule has 0 radical (unpaired) electrons. The Morgan fingerprint density at radius 2 is 2.16 bits per heavy atom. The molecule has 1 aromatic carbocycles. The number of hydrogen-bond donors (Lipinski definition) is 1. The van der Waals surface area contributed by atoms with Gasteiger partial charge in [-0.15, -0.1) is 0 Å². The van der Waals surface area contributed by atoms with E-state index in [0.29, 0.717) is 19.4 Å². The average Bonchev–Trinajstić information content (AvgIpc) is 2.33. The van der Waals surface area contributed by atoms with E-state index in [9.17, 15) is 4.79 Å². The molecule has 0 aromatic heterocycles. The van der Waals surface area contributed by atoms with E-state index >= 15 is 0 Å². The number of nitrogens with zero attached hydrogens (tertiary/aromatic N) is 1. The van der Waals surface area contributed by atoms with Crippen LogP contribution in [-0.2, 0) is 4.79 Å². The van der Waals surface area contributed by atoms with Crippen LogP contribution >= 0.6 is 15.9 Å². The average molecular weight is 329 g/mol. The van der Waals surface area contributed by atoms with Crippen molar-refractivity contribution in [3.05, 3.63) is 28.2 Å². The summed E-state index contributed by atoms with van der Waals surface area (Å²) < 4.78 is 6.68. The lowest BCUT2D eigenvalue weighted by molar-refractivity contribution is -0.128. The molecule has 2 N–H and O–H groups in total. The third-order valence-corrected chi connectivity index (χ3v) is 3.25. The Balaban J connectivity index is 2.53. The van der Waals surface area contributed by atoms with Gasteiger partial charge in [0, 0.05) is 36.6 Å². The Kier molecular flexibility index (Phi) is 6.31. The van der Waals surface area contributed by atoms with E-state index in [1.165, 1.54) is 0 Å². The van der Waals surface area contributed by atoms with Crippen LogP contribution in [0.2, 0.25) is 0 Å². The number of benzene rings is 1. The normalized spacial score (nSPS) is 12.1. The molecule has 5 heteroatoms. The molecule has 19 heavy (non-hydrogen) atoms. The molecule has 0 bridgehead atoms. The Hall–Kier alpha value is -1.07. The van der Waals surface area contributed by atoms with Crippen molar-refractivity contribution < 1.29 is 9.53 Å². The lowest BCUT2D eigenvalue weighted by atomic mass is 10.1. The van der Waals surface area contributed by atoms with Crippen LogP contribution in [-0.4, -0.2) is 31.5 Å². The molecule has 0 fully saturated rings. The summed E-state index contributed by atoms with van der Waals surface area (Å²) in [4.78, 5) is 13.0. The van der Waals surface area contributed by atoms with Crippen LogP contribution in [0.1, 0.15) is 31.4 Å². The summed E-state index contributed by atoms with van der Waals surface area (Å²) in [6.07, 6.45) is 1.19. The van der Waals surface area contributed by atoms with E-state index in [-0.39, 0.29) is 11.9 Å². The van der Waals surface area contributed by atoms with Crippen LogP contribution in [0.25, 0.3) is 0 Å². The maximum atomic E-state index is 11.4. The minimum atomic E-state index is -0.0773. The molecule has 0 aliphatic heterocycles. The van der Waals surface area contributed by atoms with E-state index in [2.05, 4.69) is 15.9 Å². The fraction of sp³-hybridized carbons (Fsp3) is 0.500. The highest BCUT2D eigenvalue weighted by atomic mass is 79.9. The Morgan fingerprint density at radius 3 is 2.74 bits per heavy atom. The summed E-state index contributed by atoms with van der Waals surface area (Å²) in [5.74, 6) is 0.895. The van der Waals surface area contributed by atoms with Gasteiger partial charge in [-0.05, 0) is 25.5 Å². The van der Waals surface area contributed by atoms with Crippen molar-refractivity contribution >= 4 is 21.8 Å². The van der Waals surface area contributed by atoms with Gasteiger partial charge in [-0.3, -0.25) is 4.79 Å². The largest absolute Gasteiger partial charge is 0.493 e. The first kappa shape index (κ1) is 16.0. The minimum Gasteiger partial charge on any atom is -0.493 e. The Labute approximate surface area is 123 Å². The Bertz CT molecular complexity index is 433. The van der Waals surface area contributed by atoms with Gasteiger partial charge in [0.25, 0.3) is 0 Å². The SMILES string of the molecule is C[C@@H](N)c1ccc(Br)cc1OCCCC(=O)N(C)C. The molecule has 0 heterocycles. The van der Waals surface area contributed by atoms with Gasteiger partial charge in [0.15, 0.2) is 0 Å². The molecule has 1 amide bonds. The zero-order valence-electron chi connectivity index (χ0n) is 11.6. The maximum absolute atomic E-state index is 11.4. The fourth-order valence-corrected chi connectivity index (χ4v) is 1.98. The fourth-order valence-electron chi connectivity index (χ4n) is 1.64. The monoisotopic (exact) mass is 328 g/mol. The number of halogens is 1. The molecule has 1 atom stereocenters. The van der Waals surface area contributed by atoms with Gasteiger partial charge in [0.05, 0.1) is 6.61 Å². The van der Waals surface area contributed by atoms with Crippen LogP contribution in [0.3, 0.4) is 0 Å². The van der Waals surface area contributed by atoms with Crippen molar-refractivity contribution in [1.29, 1.82) is 0 Å². The smallest absolute Gasteiger partial charge is 0.222 e. The second-order valence-corrected chi connectivity index (χ2v) is 5.63. The van der Waals surface area contributed by atoms with Gasteiger partial charge in [0.1, 0.15) is 5.75 Å². The summed E-state index contributed by atoms with van der Waals surface area (Å²) in [6.45, 7) is 2.43.